The number of hydrogen-bond acceptors (Lipinski definition) is 3. The predicted octanol–water partition coefficient (Wildman–Crippen LogP) is 4.92. The number of fused-ring (bicyclic) bond motifs is 1. The maximum atomic E-state index is 12.7. The van der Waals surface area contributed by atoms with Crippen LogP contribution >= 0.6 is 22.9 Å². The van der Waals surface area contributed by atoms with Gasteiger partial charge in [-0.2, -0.15) is 0 Å². The van der Waals surface area contributed by atoms with Crippen LogP contribution in [0.1, 0.15) is 11.3 Å². The molecule has 27 heavy (non-hydrogen) atoms. The molecule has 136 valence electrons. The first-order chi connectivity index (χ1) is 13.1. The van der Waals surface area contributed by atoms with Gasteiger partial charge in [0.1, 0.15) is 0 Å². The molecule has 0 saturated heterocycles. The number of carbonyl (C=O) groups excluding carboxylic acids is 1. The summed E-state index contributed by atoms with van der Waals surface area (Å²) in [6.07, 6.45) is 2.33. The van der Waals surface area contributed by atoms with Crippen molar-refractivity contribution in [2.75, 3.05) is 7.05 Å². The van der Waals surface area contributed by atoms with E-state index in [4.69, 9.17) is 11.6 Å². The summed E-state index contributed by atoms with van der Waals surface area (Å²) in [6.45, 7) is 0.604. The molecule has 0 bridgehead atoms. The summed E-state index contributed by atoms with van der Waals surface area (Å²) in [4.78, 5) is 20.0. The van der Waals surface area contributed by atoms with Crippen molar-refractivity contribution in [1.29, 1.82) is 0 Å². The zero-order valence-corrected chi connectivity index (χ0v) is 16.4. The molecule has 4 nitrogen and oxygen atoms in total. The first-order valence-electron chi connectivity index (χ1n) is 8.59. The number of carbonyl (C=O) groups is 1. The van der Waals surface area contributed by atoms with Crippen LogP contribution in [0.15, 0.2) is 66.2 Å². The molecular weight excluding hydrogens is 378 g/mol. The number of rotatable bonds is 5. The number of amides is 1. The summed E-state index contributed by atoms with van der Waals surface area (Å²) in [7, 11) is 1.84. The van der Waals surface area contributed by atoms with Gasteiger partial charge in [0.2, 0.25) is 5.91 Å². The van der Waals surface area contributed by atoms with Crippen LogP contribution in [0.5, 0.6) is 0 Å². The van der Waals surface area contributed by atoms with Crippen molar-refractivity contribution >= 4 is 33.8 Å². The number of imidazole rings is 1. The number of benzene rings is 2. The Hall–Kier alpha value is -2.63. The number of hydrogen-bond donors (Lipinski definition) is 0. The zero-order chi connectivity index (χ0) is 18.8. The van der Waals surface area contributed by atoms with E-state index in [9.17, 15) is 4.79 Å². The van der Waals surface area contributed by atoms with Crippen molar-refractivity contribution in [2.24, 2.45) is 0 Å². The number of thiazole rings is 1. The summed E-state index contributed by atoms with van der Waals surface area (Å²) in [5.74, 6) is 0.0836. The van der Waals surface area contributed by atoms with Crippen LogP contribution in [-0.2, 0) is 17.8 Å². The lowest BCUT2D eigenvalue weighted by Crippen LogP contribution is -2.28. The summed E-state index contributed by atoms with van der Waals surface area (Å²) in [6, 6.07) is 17.6. The van der Waals surface area contributed by atoms with E-state index in [-0.39, 0.29) is 5.91 Å². The van der Waals surface area contributed by atoms with Crippen LogP contribution < -0.4 is 0 Å². The van der Waals surface area contributed by atoms with Crippen molar-refractivity contribution in [3.8, 4) is 11.3 Å². The molecule has 0 radical (unpaired) electrons. The van der Waals surface area contributed by atoms with Crippen molar-refractivity contribution < 1.29 is 4.79 Å². The molecule has 2 aromatic heterocycles. The molecule has 2 aromatic carbocycles. The third kappa shape index (κ3) is 3.89. The molecule has 0 aliphatic heterocycles. The second-order valence-corrected chi connectivity index (χ2v) is 7.70. The molecule has 0 spiro atoms. The van der Waals surface area contributed by atoms with Gasteiger partial charge < -0.3 is 4.90 Å². The molecule has 0 N–H and O–H groups in total. The maximum Gasteiger partial charge on any atom is 0.228 e. The van der Waals surface area contributed by atoms with E-state index in [0.717, 1.165) is 27.5 Å². The van der Waals surface area contributed by atoms with E-state index >= 15 is 0 Å². The maximum absolute atomic E-state index is 12.7. The van der Waals surface area contributed by atoms with Gasteiger partial charge in [0.05, 0.1) is 12.1 Å². The fourth-order valence-corrected chi connectivity index (χ4v) is 3.95. The van der Waals surface area contributed by atoms with Crippen LogP contribution in [0.3, 0.4) is 0 Å². The Balaban J connectivity index is 1.52. The van der Waals surface area contributed by atoms with Crippen molar-refractivity contribution in [2.45, 2.75) is 13.0 Å². The topological polar surface area (TPSA) is 37.6 Å². The van der Waals surface area contributed by atoms with E-state index < -0.39 is 0 Å². The minimum Gasteiger partial charge on any atom is -0.341 e. The van der Waals surface area contributed by atoms with E-state index in [0.29, 0.717) is 18.0 Å². The Labute approximate surface area is 166 Å². The lowest BCUT2D eigenvalue weighted by Gasteiger charge is -2.17. The van der Waals surface area contributed by atoms with E-state index in [1.807, 2.05) is 77.6 Å². The van der Waals surface area contributed by atoms with Crippen molar-refractivity contribution in [3.63, 3.8) is 0 Å². The third-order valence-electron chi connectivity index (χ3n) is 4.44. The summed E-state index contributed by atoms with van der Waals surface area (Å²) < 4.78 is 2.00. The molecule has 6 heteroatoms. The van der Waals surface area contributed by atoms with Gasteiger partial charge in [0.15, 0.2) is 4.96 Å². The molecule has 0 fully saturated rings. The van der Waals surface area contributed by atoms with Crippen LogP contribution in [0.25, 0.3) is 16.2 Å². The monoisotopic (exact) mass is 395 g/mol. The van der Waals surface area contributed by atoms with E-state index in [1.54, 1.807) is 16.2 Å². The summed E-state index contributed by atoms with van der Waals surface area (Å²) >= 11 is 7.51. The SMILES string of the molecule is CN(Cc1ccccc1)C(=O)Cc1csc2nc(-c3ccc(Cl)cc3)cn12. The van der Waals surface area contributed by atoms with Gasteiger partial charge in [-0.1, -0.05) is 54.1 Å². The van der Waals surface area contributed by atoms with Gasteiger partial charge in [-0.3, -0.25) is 9.20 Å². The smallest absolute Gasteiger partial charge is 0.228 e. The lowest BCUT2D eigenvalue weighted by molar-refractivity contribution is -0.129. The first kappa shape index (κ1) is 17.8. The van der Waals surface area contributed by atoms with Gasteiger partial charge in [0.25, 0.3) is 0 Å². The number of likely N-dealkylation sites (N-methyl/N-ethyl adjacent to an activating group) is 1. The van der Waals surface area contributed by atoms with Crippen LogP contribution in [0, 0.1) is 0 Å². The van der Waals surface area contributed by atoms with Crippen LogP contribution in [0.4, 0.5) is 0 Å². The number of aromatic nitrogens is 2. The van der Waals surface area contributed by atoms with E-state index in [2.05, 4.69) is 4.98 Å². The Kier molecular flexibility index (Phi) is 4.97. The fourth-order valence-electron chi connectivity index (χ4n) is 2.95. The molecule has 0 aliphatic carbocycles. The average Bonchev–Trinajstić information content (AvgIpc) is 3.25. The Bertz CT molecular complexity index is 1070. The zero-order valence-electron chi connectivity index (χ0n) is 14.8. The molecular formula is C21H18ClN3OS. The highest BCUT2D eigenvalue weighted by molar-refractivity contribution is 7.15. The third-order valence-corrected chi connectivity index (χ3v) is 5.58. The quantitative estimate of drug-likeness (QED) is 0.481. The Morgan fingerprint density at radius 1 is 1.15 bits per heavy atom. The molecule has 0 unspecified atom stereocenters. The second-order valence-electron chi connectivity index (χ2n) is 6.42. The highest BCUT2D eigenvalue weighted by Crippen LogP contribution is 2.25. The highest BCUT2D eigenvalue weighted by atomic mass is 35.5. The predicted molar refractivity (Wildman–Crippen MR) is 110 cm³/mol. The van der Waals surface area contributed by atoms with Gasteiger partial charge in [-0.25, -0.2) is 4.98 Å². The first-order valence-corrected chi connectivity index (χ1v) is 9.85. The average molecular weight is 396 g/mol. The summed E-state index contributed by atoms with van der Waals surface area (Å²) in [5, 5.41) is 2.70. The lowest BCUT2D eigenvalue weighted by atomic mass is 10.2. The number of nitrogens with zero attached hydrogens (tertiary/aromatic N) is 3. The van der Waals surface area contributed by atoms with Gasteiger partial charge in [-0.15, -0.1) is 11.3 Å². The molecule has 4 aromatic rings. The standard InChI is InChI=1S/C21H18ClN3OS/c1-24(12-15-5-3-2-4-6-15)20(26)11-18-14-27-21-23-19(13-25(18)21)16-7-9-17(22)10-8-16/h2-10,13-14H,11-12H2,1H3. The van der Waals surface area contributed by atoms with Crippen LogP contribution in [0.2, 0.25) is 5.02 Å². The molecule has 0 saturated carbocycles. The normalized spacial score (nSPS) is 11.0. The number of halogens is 1. The largest absolute Gasteiger partial charge is 0.341 e. The van der Waals surface area contributed by atoms with Gasteiger partial charge in [-0.05, 0) is 17.7 Å². The molecule has 1 amide bonds. The second kappa shape index (κ2) is 7.55. The summed E-state index contributed by atoms with van der Waals surface area (Å²) in [5.41, 5.74) is 3.96. The molecule has 2 heterocycles. The van der Waals surface area contributed by atoms with Gasteiger partial charge >= 0.3 is 0 Å². The fraction of sp³-hybridized carbons (Fsp3) is 0.143. The Morgan fingerprint density at radius 3 is 2.63 bits per heavy atom. The Morgan fingerprint density at radius 2 is 1.89 bits per heavy atom. The minimum absolute atomic E-state index is 0.0836. The molecule has 4 rings (SSSR count). The minimum atomic E-state index is 0.0836. The molecule has 0 atom stereocenters. The van der Waals surface area contributed by atoms with Crippen molar-refractivity contribution in [1.82, 2.24) is 14.3 Å². The van der Waals surface area contributed by atoms with Gasteiger partial charge in [0, 0.05) is 41.4 Å². The highest BCUT2D eigenvalue weighted by Gasteiger charge is 2.15. The van der Waals surface area contributed by atoms with E-state index in [1.165, 1.54) is 0 Å². The molecule has 0 aliphatic rings. The van der Waals surface area contributed by atoms with Crippen LogP contribution in [-0.4, -0.2) is 27.2 Å². The van der Waals surface area contributed by atoms with Crippen molar-refractivity contribution in [3.05, 3.63) is 82.5 Å².